The fourth-order valence-corrected chi connectivity index (χ4v) is 3.47. The fourth-order valence-electron chi connectivity index (χ4n) is 2.43. The van der Waals surface area contributed by atoms with E-state index in [1.165, 1.54) is 16.3 Å². The van der Waals surface area contributed by atoms with Crippen LogP contribution >= 0.6 is 0 Å². The van der Waals surface area contributed by atoms with Crippen molar-refractivity contribution in [1.29, 1.82) is 0 Å². The molecule has 126 valence electrons. The number of hydrogen-bond acceptors (Lipinski definition) is 3. The van der Waals surface area contributed by atoms with Gasteiger partial charge in [0, 0.05) is 12.3 Å². The summed E-state index contributed by atoms with van der Waals surface area (Å²) in [6.07, 6.45) is 0.704. The largest absolute Gasteiger partial charge is 0.439 e. The molecule has 0 bridgehead atoms. The van der Waals surface area contributed by atoms with Crippen LogP contribution in [0.1, 0.15) is 16.8 Å². The number of aryl methyl sites for hydroxylation is 1. The highest BCUT2D eigenvalue weighted by Gasteiger charge is 2.04. The van der Waals surface area contributed by atoms with Gasteiger partial charge in [-0.15, -0.1) is 0 Å². The maximum absolute atomic E-state index is 5.82. The van der Waals surface area contributed by atoms with Crippen LogP contribution < -0.4 is 9.92 Å². The molecule has 0 amide bonds. The van der Waals surface area contributed by atoms with Gasteiger partial charge in [0.05, 0.1) is 12.3 Å². The summed E-state index contributed by atoms with van der Waals surface area (Å²) in [5.41, 5.74) is 3.57. The fraction of sp³-hybridized carbons (Fsp3) is 0.190. The molecular weight excluding hydrogens is 326 g/mol. The number of rotatable bonds is 7. The van der Waals surface area contributed by atoms with Crippen LogP contribution in [-0.4, -0.2) is 20.7 Å². The van der Waals surface area contributed by atoms with E-state index in [1.807, 2.05) is 48.5 Å². The normalized spacial score (nSPS) is 10.6. The third kappa shape index (κ3) is 5.02. The average Bonchev–Trinajstić information content (AvgIpc) is 2.63. The van der Waals surface area contributed by atoms with Crippen molar-refractivity contribution in [2.24, 2.45) is 0 Å². The molecule has 0 N–H and O–H groups in total. The van der Waals surface area contributed by atoms with Crippen LogP contribution in [0.5, 0.6) is 11.6 Å². The Morgan fingerprint density at radius 3 is 2.52 bits per heavy atom. The number of nitrogens with zero attached hydrogens (tertiary/aromatic N) is 1. The minimum Gasteiger partial charge on any atom is -0.439 e. The topological polar surface area (TPSA) is 31.4 Å². The maximum atomic E-state index is 5.82. The molecule has 0 spiro atoms. The first kappa shape index (κ1) is 17.4. The van der Waals surface area contributed by atoms with Crippen LogP contribution in [0.15, 0.2) is 66.7 Å². The Balaban J connectivity index is 1.52. The highest BCUT2D eigenvalue weighted by atomic mass is 28.2. The van der Waals surface area contributed by atoms with Gasteiger partial charge in [0.25, 0.3) is 0 Å². The summed E-state index contributed by atoms with van der Waals surface area (Å²) in [5, 5.41) is 1.37. The van der Waals surface area contributed by atoms with Crippen LogP contribution in [0, 0.1) is 13.8 Å². The second kappa shape index (κ2) is 8.60. The summed E-state index contributed by atoms with van der Waals surface area (Å²) < 4.78 is 11.6. The summed E-state index contributed by atoms with van der Waals surface area (Å²) in [6, 6.07) is 21.9. The van der Waals surface area contributed by atoms with Gasteiger partial charge >= 0.3 is 0 Å². The van der Waals surface area contributed by atoms with Crippen molar-refractivity contribution in [3.63, 3.8) is 0 Å². The van der Waals surface area contributed by atoms with Gasteiger partial charge in [0.2, 0.25) is 5.88 Å². The van der Waals surface area contributed by atoms with Gasteiger partial charge in [-0.05, 0) is 43.2 Å². The molecule has 3 aromatic rings. The lowest BCUT2D eigenvalue weighted by atomic mass is 10.1. The molecule has 0 fully saturated rings. The molecule has 0 saturated heterocycles. The molecule has 3 nitrogen and oxygen atoms in total. The molecule has 25 heavy (non-hydrogen) atoms. The lowest BCUT2D eigenvalue weighted by Crippen LogP contribution is -2.23. The molecule has 1 aromatic heterocycles. The monoisotopic (exact) mass is 347 g/mol. The third-order valence-electron chi connectivity index (χ3n) is 3.97. The van der Waals surface area contributed by atoms with E-state index in [1.54, 1.807) is 0 Å². The first-order valence-electron chi connectivity index (χ1n) is 8.29. The SMILES string of the molecule is Cc1cccc([Si]COCc2cccc(Oc3ccccc3)n2)c1C. The van der Waals surface area contributed by atoms with Crippen molar-refractivity contribution in [2.45, 2.75) is 20.5 Å². The zero-order valence-corrected chi connectivity index (χ0v) is 15.5. The van der Waals surface area contributed by atoms with E-state index in [0.29, 0.717) is 28.2 Å². The Morgan fingerprint density at radius 2 is 1.68 bits per heavy atom. The van der Waals surface area contributed by atoms with Crippen LogP contribution in [0.25, 0.3) is 0 Å². The third-order valence-corrected chi connectivity index (χ3v) is 5.24. The molecule has 0 atom stereocenters. The van der Waals surface area contributed by atoms with Gasteiger partial charge in [0.1, 0.15) is 15.3 Å². The molecule has 1 heterocycles. The number of pyridine rings is 1. The van der Waals surface area contributed by atoms with Gasteiger partial charge in [0.15, 0.2) is 0 Å². The second-order valence-corrected chi connectivity index (χ2v) is 6.98. The molecule has 0 saturated carbocycles. The second-order valence-electron chi connectivity index (χ2n) is 5.80. The van der Waals surface area contributed by atoms with Crippen molar-refractivity contribution < 1.29 is 9.47 Å². The van der Waals surface area contributed by atoms with Gasteiger partial charge in [-0.3, -0.25) is 0 Å². The molecule has 2 aromatic carbocycles. The van der Waals surface area contributed by atoms with E-state index in [2.05, 4.69) is 37.0 Å². The lowest BCUT2D eigenvalue weighted by Gasteiger charge is -2.09. The van der Waals surface area contributed by atoms with Gasteiger partial charge < -0.3 is 9.47 Å². The van der Waals surface area contributed by atoms with Gasteiger partial charge in [-0.2, -0.15) is 0 Å². The minimum absolute atomic E-state index is 0.490. The molecular formula is C21H21NO2Si. The Bertz CT molecular complexity index is 821. The average molecular weight is 347 g/mol. The molecule has 0 aliphatic carbocycles. The summed E-state index contributed by atoms with van der Waals surface area (Å²) in [7, 11) is 0.645. The van der Waals surface area contributed by atoms with Gasteiger partial charge in [-0.25, -0.2) is 4.98 Å². The number of ether oxygens (including phenoxy) is 2. The molecule has 0 aliphatic heterocycles. The zero-order valence-electron chi connectivity index (χ0n) is 14.5. The Morgan fingerprint density at radius 1 is 0.880 bits per heavy atom. The lowest BCUT2D eigenvalue weighted by molar-refractivity contribution is 0.160. The molecule has 3 rings (SSSR count). The van der Waals surface area contributed by atoms with Crippen LogP contribution in [0.2, 0.25) is 0 Å². The predicted molar refractivity (Wildman–Crippen MR) is 102 cm³/mol. The van der Waals surface area contributed by atoms with E-state index in [-0.39, 0.29) is 0 Å². The number of aromatic nitrogens is 1. The smallest absolute Gasteiger partial charge is 0.219 e. The Labute approximate surface area is 151 Å². The molecule has 0 aliphatic rings. The minimum atomic E-state index is 0.490. The summed E-state index contributed by atoms with van der Waals surface area (Å²) in [4.78, 5) is 4.50. The zero-order chi connectivity index (χ0) is 17.5. The van der Waals surface area contributed by atoms with Crippen LogP contribution in [-0.2, 0) is 11.3 Å². The Hall–Kier alpha value is -2.43. The maximum Gasteiger partial charge on any atom is 0.219 e. The highest BCUT2D eigenvalue weighted by Crippen LogP contribution is 2.18. The van der Waals surface area contributed by atoms with Crippen molar-refractivity contribution in [3.05, 3.63) is 83.6 Å². The number of hydrogen-bond donors (Lipinski definition) is 0. The van der Waals surface area contributed by atoms with E-state index in [0.717, 1.165) is 11.4 Å². The molecule has 4 heteroatoms. The van der Waals surface area contributed by atoms with Crippen LogP contribution in [0.3, 0.4) is 0 Å². The summed E-state index contributed by atoms with van der Waals surface area (Å²) in [5.74, 6) is 1.37. The number of benzene rings is 2. The van der Waals surface area contributed by atoms with E-state index < -0.39 is 0 Å². The molecule has 2 radical (unpaired) electrons. The summed E-state index contributed by atoms with van der Waals surface area (Å²) in [6.45, 7) is 4.81. The van der Waals surface area contributed by atoms with E-state index >= 15 is 0 Å². The predicted octanol–water partition coefficient (Wildman–Crippen LogP) is 3.99. The van der Waals surface area contributed by atoms with Crippen molar-refractivity contribution in [1.82, 2.24) is 4.98 Å². The van der Waals surface area contributed by atoms with Crippen molar-refractivity contribution in [2.75, 3.05) is 6.23 Å². The standard InChI is InChI=1S/C21H21NO2Si/c1-16-8-6-12-20(17(16)2)25-15-23-14-18-9-7-13-21(22-18)24-19-10-4-3-5-11-19/h3-13H,14-15H2,1-2H3. The van der Waals surface area contributed by atoms with Crippen molar-refractivity contribution in [3.8, 4) is 11.6 Å². The first-order chi connectivity index (χ1) is 12.2. The van der Waals surface area contributed by atoms with Crippen LogP contribution in [0.4, 0.5) is 0 Å². The van der Waals surface area contributed by atoms with Gasteiger partial charge in [-0.1, -0.05) is 47.7 Å². The summed E-state index contributed by atoms with van der Waals surface area (Å²) >= 11 is 0. The molecule has 0 unspecified atom stereocenters. The van der Waals surface area contributed by atoms with E-state index in [4.69, 9.17) is 9.47 Å². The van der Waals surface area contributed by atoms with Crippen molar-refractivity contribution >= 4 is 14.7 Å². The first-order valence-corrected chi connectivity index (χ1v) is 9.50. The quantitative estimate of drug-likeness (QED) is 0.478. The number of para-hydroxylation sites is 1. The highest BCUT2D eigenvalue weighted by molar-refractivity contribution is 6.53. The van der Waals surface area contributed by atoms with E-state index in [9.17, 15) is 0 Å². The Kier molecular flexibility index (Phi) is 5.98.